The Labute approximate surface area is 111 Å². The van der Waals surface area contributed by atoms with Crippen LogP contribution in [-0.2, 0) is 6.54 Å². The Kier molecular flexibility index (Phi) is 3.72. The maximum absolute atomic E-state index is 12.0. The first-order valence-electron chi connectivity index (χ1n) is 5.62. The Bertz CT molecular complexity index is 562. The summed E-state index contributed by atoms with van der Waals surface area (Å²) in [6.07, 6.45) is 0. The summed E-state index contributed by atoms with van der Waals surface area (Å²) >= 11 is 5.91. The molecule has 18 heavy (non-hydrogen) atoms. The van der Waals surface area contributed by atoms with E-state index < -0.39 is 0 Å². The van der Waals surface area contributed by atoms with Gasteiger partial charge in [0.25, 0.3) is 5.91 Å². The van der Waals surface area contributed by atoms with E-state index in [1.54, 1.807) is 24.1 Å². The van der Waals surface area contributed by atoms with E-state index in [9.17, 15) is 4.79 Å². The van der Waals surface area contributed by atoms with Crippen LogP contribution in [0.25, 0.3) is 0 Å². The van der Waals surface area contributed by atoms with Crippen molar-refractivity contribution in [1.29, 1.82) is 0 Å². The fourth-order valence-electron chi connectivity index (χ4n) is 1.72. The molecule has 1 heterocycles. The van der Waals surface area contributed by atoms with Crippen molar-refractivity contribution in [2.75, 3.05) is 7.05 Å². The summed E-state index contributed by atoms with van der Waals surface area (Å²) in [5, 5.41) is 0.669. The number of hydrogen-bond acceptors (Lipinski definition) is 2. The normalized spacial score (nSPS) is 10.4. The quantitative estimate of drug-likeness (QED) is 0.849. The van der Waals surface area contributed by atoms with Crippen molar-refractivity contribution >= 4 is 17.5 Å². The SMILES string of the molecule is Cc1ccc(C(=O)N(C)Cc2cccc(Cl)c2)o1. The van der Waals surface area contributed by atoms with Gasteiger partial charge >= 0.3 is 0 Å². The van der Waals surface area contributed by atoms with Gasteiger partial charge in [0.05, 0.1) is 0 Å². The van der Waals surface area contributed by atoms with E-state index in [0.717, 1.165) is 11.3 Å². The molecule has 0 unspecified atom stereocenters. The topological polar surface area (TPSA) is 33.5 Å². The van der Waals surface area contributed by atoms with Crippen molar-refractivity contribution < 1.29 is 9.21 Å². The van der Waals surface area contributed by atoms with Gasteiger partial charge in [0, 0.05) is 18.6 Å². The van der Waals surface area contributed by atoms with Crippen molar-refractivity contribution in [3.8, 4) is 0 Å². The maximum atomic E-state index is 12.0. The molecular formula is C14H14ClNO2. The van der Waals surface area contributed by atoms with Gasteiger partial charge in [0.2, 0.25) is 0 Å². The number of rotatable bonds is 3. The number of benzene rings is 1. The Balaban J connectivity index is 2.08. The number of aryl methyl sites for hydroxylation is 1. The molecule has 1 amide bonds. The van der Waals surface area contributed by atoms with Gasteiger partial charge in [-0.2, -0.15) is 0 Å². The summed E-state index contributed by atoms with van der Waals surface area (Å²) in [7, 11) is 1.74. The van der Waals surface area contributed by atoms with E-state index >= 15 is 0 Å². The summed E-state index contributed by atoms with van der Waals surface area (Å²) in [6.45, 7) is 2.31. The molecule has 4 heteroatoms. The summed E-state index contributed by atoms with van der Waals surface area (Å²) < 4.78 is 5.31. The van der Waals surface area contributed by atoms with Crippen LogP contribution in [0.3, 0.4) is 0 Å². The zero-order chi connectivity index (χ0) is 13.1. The van der Waals surface area contributed by atoms with E-state index in [0.29, 0.717) is 17.3 Å². The van der Waals surface area contributed by atoms with E-state index in [-0.39, 0.29) is 5.91 Å². The second kappa shape index (κ2) is 5.27. The fourth-order valence-corrected chi connectivity index (χ4v) is 1.93. The minimum Gasteiger partial charge on any atom is -0.456 e. The summed E-state index contributed by atoms with van der Waals surface area (Å²) in [6, 6.07) is 10.9. The molecule has 0 fully saturated rings. The molecule has 94 valence electrons. The highest BCUT2D eigenvalue weighted by Crippen LogP contribution is 2.14. The molecule has 2 rings (SSSR count). The lowest BCUT2D eigenvalue weighted by Gasteiger charge is -2.15. The second-order valence-electron chi connectivity index (χ2n) is 4.20. The smallest absolute Gasteiger partial charge is 0.289 e. The number of hydrogen-bond donors (Lipinski definition) is 0. The summed E-state index contributed by atoms with van der Waals surface area (Å²) in [5.41, 5.74) is 0.988. The Morgan fingerprint density at radius 1 is 1.33 bits per heavy atom. The van der Waals surface area contributed by atoms with Gasteiger partial charge in [0.15, 0.2) is 5.76 Å². The zero-order valence-electron chi connectivity index (χ0n) is 10.3. The van der Waals surface area contributed by atoms with Gasteiger partial charge in [-0.15, -0.1) is 0 Å². The number of nitrogens with zero attached hydrogens (tertiary/aromatic N) is 1. The number of furan rings is 1. The van der Waals surface area contributed by atoms with E-state index in [4.69, 9.17) is 16.0 Å². The summed E-state index contributed by atoms with van der Waals surface area (Å²) in [5.74, 6) is 0.953. The molecule has 0 radical (unpaired) electrons. The van der Waals surface area contributed by atoms with Gasteiger partial charge in [-0.1, -0.05) is 23.7 Å². The van der Waals surface area contributed by atoms with Crippen LogP contribution < -0.4 is 0 Å². The zero-order valence-corrected chi connectivity index (χ0v) is 11.1. The molecule has 0 bridgehead atoms. The predicted molar refractivity (Wildman–Crippen MR) is 70.7 cm³/mol. The molecule has 3 nitrogen and oxygen atoms in total. The van der Waals surface area contributed by atoms with E-state index in [1.165, 1.54) is 0 Å². The largest absolute Gasteiger partial charge is 0.456 e. The molecule has 0 aliphatic carbocycles. The third-order valence-electron chi connectivity index (χ3n) is 2.61. The van der Waals surface area contributed by atoms with Crippen LogP contribution in [0.1, 0.15) is 21.9 Å². The highest BCUT2D eigenvalue weighted by molar-refractivity contribution is 6.30. The summed E-state index contributed by atoms with van der Waals surface area (Å²) in [4.78, 5) is 13.6. The highest BCUT2D eigenvalue weighted by Gasteiger charge is 2.15. The van der Waals surface area contributed by atoms with Gasteiger partial charge in [0.1, 0.15) is 5.76 Å². The highest BCUT2D eigenvalue weighted by atomic mass is 35.5. The molecule has 0 atom stereocenters. The lowest BCUT2D eigenvalue weighted by atomic mass is 10.2. The molecule has 0 N–H and O–H groups in total. The van der Waals surface area contributed by atoms with Crippen molar-refractivity contribution in [1.82, 2.24) is 4.90 Å². The van der Waals surface area contributed by atoms with Crippen LogP contribution >= 0.6 is 11.6 Å². The first kappa shape index (κ1) is 12.7. The lowest BCUT2D eigenvalue weighted by Crippen LogP contribution is -2.25. The number of halogens is 1. The van der Waals surface area contributed by atoms with Crippen LogP contribution in [0.15, 0.2) is 40.8 Å². The Morgan fingerprint density at radius 3 is 2.72 bits per heavy atom. The second-order valence-corrected chi connectivity index (χ2v) is 4.64. The van der Waals surface area contributed by atoms with Crippen molar-refractivity contribution in [3.05, 3.63) is 58.5 Å². The number of amides is 1. The lowest BCUT2D eigenvalue weighted by molar-refractivity contribution is 0.0752. The van der Waals surface area contributed by atoms with Crippen molar-refractivity contribution in [2.45, 2.75) is 13.5 Å². The average Bonchev–Trinajstić information content (AvgIpc) is 2.75. The molecule has 1 aromatic carbocycles. The standard InChI is InChI=1S/C14H14ClNO2/c1-10-6-7-13(18-10)14(17)16(2)9-11-4-3-5-12(15)8-11/h3-8H,9H2,1-2H3. The minimum absolute atomic E-state index is 0.136. The van der Waals surface area contributed by atoms with Crippen molar-refractivity contribution in [2.24, 2.45) is 0 Å². The molecule has 0 aliphatic rings. The van der Waals surface area contributed by atoms with Crippen molar-refractivity contribution in [3.63, 3.8) is 0 Å². The third kappa shape index (κ3) is 2.93. The van der Waals surface area contributed by atoms with Gasteiger partial charge < -0.3 is 9.32 Å². The number of carbonyl (C=O) groups excluding carboxylic acids is 1. The van der Waals surface area contributed by atoms with Crippen LogP contribution in [0.5, 0.6) is 0 Å². The first-order valence-corrected chi connectivity index (χ1v) is 6.00. The van der Waals surface area contributed by atoms with Gasteiger partial charge in [-0.25, -0.2) is 0 Å². The van der Waals surface area contributed by atoms with E-state index in [1.807, 2.05) is 31.2 Å². The Hall–Kier alpha value is -1.74. The van der Waals surface area contributed by atoms with Crippen LogP contribution in [0.4, 0.5) is 0 Å². The Morgan fingerprint density at radius 2 is 2.11 bits per heavy atom. The average molecular weight is 264 g/mol. The predicted octanol–water partition coefficient (Wildman–Crippen LogP) is 3.51. The van der Waals surface area contributed by atoms with Crippen LogP contribution in [-0.4, -0.2) is 17.9 Å². The molecule has 0 aliphatic heterocycles. The van der Waals surface area contributed by atoms with E-state index in [2.05, 4.69) is 0 Å². The maximum Gasteiger partial charge on any atom is 0.289 e. The van der Waals surface area contributed by atoms with Gasteiger partial charge in [-0.3, -0.25) is 4.79 Å². The fraction of sp³-hybridized carbons (Fsp3) is 0.214. The van der Waals surface area contributed by atoms with Crippen LogP contribution in [0.2, 0.25) is 5.02 Å². The van der Waals surface area contributed by atoms with Crippen LogP contribution in [0, 0.1) is 6.92 Å². The monoisotopic (exact) mass is 263 g/mol. The molecule has 2 aromatic rings. The third-order valence-corrected chi connectivity index (χ3v) is 2.84. The minimum atomic E-state index is -0.136. The molecular weight excluding hydrogens is 250 g/mol. The molecule has 0 saturated carbocycles. The number of carbonyl (C=O) groups is 1. The first-order chi connectivity index (χ1) is 8.56. The molecule has 1 aromatic heterocycles. The molecule has 0 spiro atoms. The molecule has 0 saturated heterocycles. The van der Waals surface area contributed by atoms with Gasteiger partial charge in [-0.05, 0) is 36.8 Å².